The van der Waals surface area contributed by atoms with Gasteiger partial charge in [0.1, 0.15) is 0 Å². The van der Waals surface area contributed by atoms with Crippen molar-refractivity contribution in [3.63, 3.8) is 0 Å². The van der Waals surface area contributed by atoms with Crippen LogP contribution in [0.1, 0.15) is 38.3 Å². The molecule has 1 aromatic rings. The van der Waals surface area contributed by atoms with Crippen molar-refractivity contribution in [2.24, 2.45) is 17.6 Å². The molecule has 0 radical (unpaired) electrons. The molecule has 2 amide bonds. The number of primary amides is 1. The van der Waals surface area contributed by atoms with E-state index in [2.05, 4.69) is 24.5 Å². The van der Waals surface area contributed by atoms with Gasteiger partial charge in [-0.25, -0.2) is 4.79 Å². The molecule has 1 aromatic carbocycles. The summed E-state index contributed by atoms with van der Waals surface area (Å²) < 4.78 is 0. The van der Waals surface area contributed by atoms with Gasteiger partial charge in [0.2, 0.25) is 0 Å². The van der Waals surface area contributed by atoms with Crippen LogP contribution in [-0.4, -0.2) is 12.6 Å². The second-order valence-corrected chi connectivity index (χ2v) is 5.56. The zero-order chi connectivity index (χ0) is 13.8. The van der Waals surface area contributed by atoms with Crippen molar-refractivity contribution in [2.45, 2.75) is 32.7 Å². The lowest BCUT2D eigenvalue weighted by Crippen LogP contribution is -2.25. The Hall–Kier alpha value is -1.55. The van der Waals surface area contributed by atoms with Gasteiger partial charge in [-0.05, 0) is 55.8 Å². The molecular weight excluding hydrogens is 238 g/mol. The minimum atomic E-state index is -0.530. The van der Waals surface area contributed by atoms with Gasteiger partial charge in [-0.2, -0.15) is 0 Å². The van der Waals surface area contributed by atoms with Gasteiger partial charge in [0, 0.05) is 11.7 Å². The molecule has 4 heteroatoms. The van der Waals surface area contributed by atoms with E-state index in [1.165, 1.54) is 18.4 Å². The van der Waals surface area contributed by atoms with Crippen molar-refractivity contribution in [3.8, 4) is 0 Å². The fourth-order valence-electron chi connectivity index (χ4n) is 2.31. The van der Waals surface area contributed by atoms with Gasteiger partial charge in [0.25, 0.3) is 0 Å². The first kappa shape index (κ1) is 13.9. The maximum atomic E-state index is 10.7. The van der Waals surface area contributed by atoms with Gasteiger partial charge in [0.05, 0.1) is 0 Å². The molecule has 1 fully saturated rings. The molecule has 2 rings (SSSR count). The summed E-state index contributed by atoms with van der Waals surface area (Å²) in [4.78, 5) is 10.7. The predicted octanol–water partition coefficient (Wildman–Crippen LogP) is 2.87. The largest absolute Gasteiger partial charge is 0.351 e. The molecule has 1 saturated carbocycles. The van der Waals surface area contributed by atoms with Crippen LogP contribution in [0.15, 0.2) is 24.3 Å². The van der Waals surface area contributed by atoms with Crippen molar-refractivity contribution < 1.29 is 4.79 Å². The third-order valence-corrected chi connectivity index (χ3v) is 3.85. The average molecular weight is 261 g/mol. The maximum Gasteiger partial charge on any atom is 0.316 e. The summed E-state index contributed by atoms with van der Waals surface area (Å²) in [5.74, 6) is 1.69. The molecule has 104 valence electrons. The number of anilines is 1. The molecule has 19 heavy (non-hydrogen) atoms. The summed E-state index contributed by atoms with van der Waals surface area (Å²) in [5, 5.41) is 6.13. The second kappa shape index (κ2) is 6.06. The Balaban J connectivity index is 1.84. The summed E-state index contributed by atoms with van der Waals surface area (Å²) in [7, 11) is 0. The Kier molecular flexibility index (Phi) is 4.43. The third-order valence-electron chi connectivity index (χ3n) is 3.85. The van der Waals surface area contributed by atoms with Crippen molar-refractivity contribution >= 4 is 11.7 Å². The van der Waals surface area contributed by atoms with Gasteiger partial charge in [-0.15, -0.1) is 0 Å². The molecule has 4 N–H and O–H groups in total. The fraction of sp³-hybridized carbons (Fsp3) is 0.533. The van der Waals surface area contributed by atoms with Gasteiger partial charge in [-0.1, -0.05) is 19.1 Å². The molecule has 1 aliphatic rings. The van der Waals surface area contributed by atoms with Crippen LogP contribution in [-0.2, 0) is 0 Å². The van der Waals surface area contributed by atoms with Crippen LogP contribution < -0.4 is 16.4 Å². The van der Waals surface area contributed by atoms with Gasteiger partial charge < -0.3 is 16.4 Å². The number of nitrogens with two attached hydrogens (primary N) is 1. The Bertz CT molecular complexity index is 426. The molecule has 2 unspecified atom stereocenters. The number of amides is 2. The highest BCUT2D eigenvalue weighted by molar-refractivity contribution is 5.87. The van der Waals surface area contributed by atoms with Crippen molar-refractivity contribution in [2.75, 3.05) is 11.9 Å². The zero-order valence-corrected chi connectivity index (χ0v) is 11.6. The highest BCUT2D eigenvalue weighted by Gasteiger charge is 2.27. The van der Waals surface area contributed by atoms with Crippen LogP contribution in [0, 0.1) is 11.8 Å². The van der Waals surface area contributed by atoms with Crippen LogP contribution >= 0.6 is 0 Å². The minimum Gasteiger partial charge on any atom is -0.351 e. The highest BCUT2D eigenvalue weighted by atomic mass is 16.2. The first-order valence-corrected chi connectivity index (χ1v) is 6.96. The number of carbonyl (C=O) groups excluding carboxylic acids is 1. The number of rotatable bonds is 6. The van der Waals surface area contributed by atoms with Crippen molar-refractivity contribution in [1.82, 2.24) is 5.32 Å². The summed E-state index contributed by atoms with van der Waals surface area (Å²) in [6.07, 6.45) is 2.79. The monoisotopic (exact) mass is 261 g/mol. The molecule has 0 aliphatic heterocycles. The van der Waals surface area contributed by atoms with Crippen LogP contribution in [0.5, 0.6) is 0 Å². The van der Waals surface area contributed by atoms with Crippen molar-refractivity contribution in [1.29, 1.82) is 0 Å². The molecule has 0 aromatic heterocycles. The summed E-state index contributed by atoms with van der Waals surface area (Å²) in [6.45, 7) is 5.54. The number of benzene rings is 1. The lowest BCUT2D eigenvalue weighted by Gasteiger charge is -2.18. The molecule has 2 atom stereocenters. The lowest BCUT2D eigenvalue weighted by molar-refractivity contribution is 0.259. The van der Waals surface area contributed by atoms with E-state index in [1.54, 1.807) is 0 Å². The van der Waals surface area contributed by atoms with Crippen molar-refractivity contribution in [3.05, 3.63) is 29.8 Å². The lowest BCUT2D eigenvalue weighted by atomic mass is 10.0. The minimum absolute atomic E-state index is 0.323. The van der Waals surface area contributed by atoms with E-state index in [0.717, 1.165) is 24.1 Å². The van der Waals surface area contributed by atoms with Gasteiger partial charge in [0.15, 0.2) is 0 Å². The summed E-state index contributed by atoms with van der Waals surface area (Å²) >= 11 is 0. The van der Waals surface area contributed by atoms with E-state index in [-0.39, 0.29) is 0 Å². The Morgan fingerprint density at radius 1 is 1.32 bits per heavy atom. The second-order valence-electron chi connectivity index (χ2n) is 5.56. The van der Waals surface area contributed by atoms with Gasteiger partial charge >= 0.3 is 6.03 Å². The van der Waals surface area contributed by atoms with Gasteiger partial charge in [-0.3, -0.25) is 0 Å². The van der Waals surface area contributed by atoms with E-state index >= 15 is 0 Å². The molecular formula is C15H23N3O. The quantitative estimate of drug-likeness (QED) is 0.737. The van der Waals surface area contributed by atoms with Crippen LogP contribution in [0.2, 0.25) is 0 Å². The van der Waals surface area contributed by atoms with Crippen LogP contribution in [0.4, 0.5) is 10.5 Å². The Morgan fingerprint density at radius 3 is 2.47 bits per heavy atom. The normalized spacial score (nSPS) is 17.8. The van der Waals surface area contributed by atoms with Crippen LogP contribution in [0.25, 0.3) is 0 Å². The van der Waals surface area contributed by atoms with E-state index in [9.17, 15) is 4.79 Å². The number of carbonyl (C=O) groups is 1. The zero-order valence-electron chi connectivity index (χ0n) is 11.6. The molecule has 0 heterocycles. The molecule has 4 nitrogen and oxygen atoms in total. The standard InChI is InChI=1S/C15H23N3O/c1-10(12-3-4-12)9-17-11(2)13-5-7-14(8-6-13)18-15(16)19/h5-8,10-12,17H,3-4,9H2,1-2H3,(H3,16,18,19). The molecule has 1 aliphatic carbocycles. The first-order chi connectivity index (χ1) is 9.06. The van der Waals surface area contributed by atoms with E-state index in [1.807, 2.05) is 24.3 Å². The molecule has 0 spiro atoms. The average Bonchev–Trinajstić information content (AvgIpc) is 3.20. The molecule has 0 saturated heterocycles. The highest BCUT2D eigenvalue weighted by Crippen LogP contribution is 2.36. The topological polar surface area (TPSA) is 67.2 Å². The third kappa shape index (κ3) is 4.24. The number of urea groups is 1. The first-order valence-electron chi connectivity index (χ1n) is 6.96. The smallest absolute Gasteiger partial charge is 0.316 e. The van der Waals surface area contributed by atoms with E-state index in [4.69, 9.17) is 5.73 Å². The van der Waals surface area contributed by atoms with Crippen LogP contribution in [0.3, 0.4) is 0 Å². The summed E-state index contributed by atoms with van der Waals surface area (Å²) in [6, 6.07) is 7.58. The number of nitrogens with one attached hydrogen (secondary N) is 2. The summed E-state index contributed by atoms with van der Waals surface area (Å²) in [5.41, 5.74) is 7.03. The Morgan fingerprint density at radius 2 is 1.95 bits per heavy atom. The maximum absolute atomic E-state index is 10.7. The Labute approximate surface area is 114 Å². The molecule has 0 bridgehead atoms. The number of hydrogen-bond donors (Lipinski definition) is 3. The number of hydrogen-bond acceptors (Lipinski definition) is 2. The van der Waals surface area contributed by atoms with E-state index in [0.29, 0.717) is 6.04 Å². The SMILES string of the molecule is CC(NCC(C)C1CC1)c1ccc(NC(N)=O)cc1. The van der Waals surface area contributed by atoms with E-state index < -0.39 is 6.03 Å². The fourth-order valence-corrected chi connectivity index (χ4v) is 2.31. The predicted molar refractivity (Wildman–Crippen MR) is 78.0 cm³/mol.